The molecule has 1 aliphatic carbocycles. The molecule has 19 heavy (non-hydrogen) atoms. The van der Waals surface area contributed by atoms with Crippen molar-refractivity contribution in [2.75, 3.05) is 19.6 Å². The number of rotatable bonds is 4. The Kier molecular flexibility index (Phi) is 3.39. The van der Waals surface area contributed by atoms with E-state index in [1.807, 2.05) is 6.20 Å². The molecule has 3 rings (SSSR count). The molecule has 4 nitrogen and oxygen atoms in total. The molecule has 0 bridgehead atoms. The largest absolute Gasteiger partial charge is 0.334 e. The zero-order chi connectivity index (χ0) is 13.5. The lowest BCUT2D eigenvalue weighted by Crippen LogP contribution is -2.64. The Morgan fingerprint density at radius 2 is 2.21 bits per heavy atom. The zero-order valence-corrected chi connectivity index (χ0v) is 12.4. The third-order valence-corrected chi connectivity index (χ3v) is 5.02. The summed E-state index contributed by atoms with van der Waals surface area (Å²) >= 11 is 0. The van der Waals surface area contributed by atoms with Crippen LogP contribution in [0.3, 0.4) is 0 Å². The predicted molar refractivity (Wildman–Crippen MR) is 77.1 cm³/mol. The number of imidazole rings is 1. The number of piperazine rings is 1. The molecule has 4 heteroatoms. The topological polar surface area (TPSA) is 33.1 Å². The van der Waals surface area contributed by atoms with Gasteiger partial charge in [-0.3, -0.25) is 4.90 Å². The van der Waals surface area contributed by atoms with E-state index in [1.165, 1.54) is 19.4 Å². The molecule has 106 valence electrons. The number of hydrogen-bond acceptors (Lipinski definition) is 3. The van der Waals surface area contributed by atoms with Crippen molar-refractivity contribution in [3.05, 3.63) is 18.2 Å². The lowest BCUT2D eigenvalue weighted by molar-refractivity contribution is 0.0353. The molecule has 0 radical (unpaired) electrons. The van der Waals surface area contributed by atoms with Gasteiger partial charge in [-0.15, -0.1) is 0 Å². The summed E-state index contributed by atoms with van der Waals surface area (Å²) in [5.41, 5.74) is 0.362. The van der Waals surface area contributed by atoms with Crippen molar-refractivity contribution in [2.24, 2.45) is 5.92 Å². The van der Waals surface area contributed by atoms with Crippen LogP contribution in [0.2, 0.25) is 0 Å². The van der Waals surface area contributed by atoms with Crippen LogP contribution in [0.1, 0.15) is 32.5 Å². The molecule has 1 aliphatic heterocycles. The first kappa shape index (κ1) is 13.1. The first-order valence-corrected chi connectivity index (χ1v) is 7.56. The second kappa shape index (κ2) is 4.91. The number of aryl methyl sites for hydroxylation is 1. The quantitative estimate of drug-likeness (QED) is 0.896. The van der Waals surface area contributed by atoms with E-state index in [0.717, 1.165) is 31.4 Å². The maximum Gasteiger partial charge on any atom is 0.105 e. The Labute approximate surface area is 116 Å². The molecule has 2 aliphatic rings. The Bertz CT molecular complexity index is 437. The Balaban J connectivity index is 1.67. The fraction of sp³-hybridized carbons (Fsp3) is 0.800. The van der Waals surface area contributed by atoms with Crippen molar-refractivity contribution in [1.82, 2.24) is 19.8 Å². The highest BCUT2D eigenvalue weighted by Gasteiger charge is 2.47. The van der Waals surface area contributed by atoms with Gasteiger partial charge in [0.2, 0.25) is 0 Å². The fourth-order valence-corrected chi connectivity index (χ4v) is 3.42. The van der Waals surface area contributed by atoms with Gasteiger partial charge in [-0.25, -0.2) is 4.98 Å². The standard InChI is InChI=1S/C15H26N4/c1-12-10-19(9-8-18-7-6-16-13(18)2)15(3,11-17-12)14-4-5-14/h6-7,12,14,17H,4-5,8-11H2,1-3H3. The van der Waals surface area contributed by atoms with E-state index >= 15 is 0 Å². The van der Waals surface area contributed by atoms with E-state index in [1.54, 1.807) is 0 Å². The van der Waals surface area contributed by atoms with Crippen LogP contribution in [-0.4, -0.2) is 45.7 Å². The highest BCUT2D eigenvalue weighted by Crippen LogP contribution is 2.43. The van der Waals surface area contributed by atoms with Crippen LogP contribution in [-0.2, 0) is 6.54 Å². The highest BCUT2D eigenvalue weighted by atomic mass is 15.3. The van der Waals surface area contributed by atoms with E-state index < -0.39 is 0 Å². The van der Waals surface area contributed by atoms with Crippen molar-refractivity contribution < 1.29 is 0 Å². The van der Waals surface area contributed by atoms with Gasteiger partial charge >= 0.3 is 0 Å². The van der Waals surface area contributed by atoms with Gasteiger partial charge in [0, 0.05) is 50.2 Å². The number of aromatic nitrogens is 2. The summed E-state index contributed by atoms with van der Waals surface area (Å²) in [5.74, 6) is 2.02. The van der Waals surface area contributed by atoms with Gasteiger partial charge in [0.25, 0.3) is 0 Å². The van der Waals surface area contributed by atoms with Gasteiger partial charge in [0.1, 0.15) is 5.82 Å². The van der Waals surface area contributed by atoms with Gasteiger partial charge in [-0.05, 0) is 39.5 Å². The van der Waals surface area contributed by atoms with Crippen LogP contribution in [0.25, 0.3) is 0 Å². The Morgan fingerprint density at radius 3 is 2.84 bits per heavy atom. The van der Waals surface area contributed by atoms with Crippen molar-refractivity contribution >= 4 is 0 Å². The molecule has 1 aromatic heterocycles. The van der Waals surface area contributed by atoms with E-state index in [9.17, 15) is 0 Å². The molecule has 2 fully saturated rings. The lowest BCUT2D eigenvalue weighted by atomic mass is 9.90. The minimum Gasteiger partial charge on any atom is -0.334 e. The summed E-state index contributed by atoms with van der Waals surface area (Å²) in [6, 6.07) is 0.607. The van der Waals surface area contributed by atoms with Crippen molar-refractivity contribution in [1.29, 1.82) is 0 Å². The second-order valence-corrected chi connectivity index (χ2v) is 6.53. The van der Waals surface area contributed by atoms with Gasteiger partial charge in [0.05, 0.1) is 0 Å². The summed E-state index contributed by atoms with van der Waals surface area (Å²) in [6.07, 6.45) is 6.81. The summed E-state index contributed by atoms with van der Waals surface area (Å²) in [4.78, 5) is 7.02. The molecule has 2 heterocycles. The molecule has 0 aromatic carbocycles. The average Bonchev–Trinajstić information content (AvgIpc) is 3.16. The second-order valence-electron chi connectivity index (χ2n) is 6.53. The number of nitrogens with zero attached hydrogens (tertiary/aromatic N) is 3. The summed E-state index contributed by atoms with van der Waals surface area (Å²) < 4.78 is 2.26. The third kappa shape index (κ3) is 2.56. The first-order valence-electron chi connectivity index (χ1n) is 7.56. The molecule has 0 spiro atoms. The van der Waals surface area contributed by atoms with Crippen LogP contribution < -0.4 is 5.32 Å². The molecule has 1 N–H and O–H groups in total. The minimum absolute atomic E-state index is 0.362. The Morgan fingerprint density at radius 1 is 1.42 bits per heavy atom. The van der Waals surface area contributed by atoms with Crippen molar-refractivity contribution in [3.63, 3.8) is 0 Å². The van der Waals surface area contributed by atoms with Crippen LogP contribution in [0.4, 0.5) is 0 Å². The Hall–Kier alpha value is -0.870. The molecule has 1 aromatic rings. The van der Waals surface area contributed by atoms with Crippen molar-refractivity contribution in [2.45, 2.75) is 51.7 Å². The fourth-order valence-electron chi connectivity index (χ4n) is 3.42. The van der Waals surface area contributed by atoms with Gasteiger partial charge in [-0.2, -0.15) is 0 Å². The van der Waals surface area contributed by atoms with Crippen LogP contribution in [0.5, 0.6) is 0 Å². The molecular weight excluding hydrogens is 236 g/mol. The highest BCUT2D eigenvalue weighted by molar-refractivity contribution is 5.04. The number of hydrogen-bond donors (Lipinski definition) is 1. The van der Waals surface area contributed by atoms with Gasteiger partial charge < -0.3 is 9.88 Å². The molecule has 2 atom stereocenters. The third-order valence-electron chi connectivity index (χ3n) is 5.02. The zero-order valence-electron chi connectivity index (χ0n) is 12.4. The van der Waals surface area contributed by atoms with E-state index in [-0.39, 0.29) is 0 Å². The monoisotopic (exact) mass is 262 g/mol. The SMILES string of the molecule is Cc1nccn1CCN1CC(C)NCC1(C)C1CC1. The predicted octanol–water partition coefficient (Wildman–Crippen LogP) is 1.65. The first-order chi connectivity index (χ1) is 9.09. The molecule has 1 saturated carbocycles. The molecule has 1 saturated heterocycles. The average molecular weight is 262 g/mol. The maximum absolute atomic E-state index is 4.31. The van der Waals surface area contributed by atoms with Crippen LogP contribution in [0.15, 0.2) is 12.4 Å². The smallest absolute Gasteiger partial charge is 0.105 e. The maximum atomic E-state index is 4.31. The molecular formula is C15H26N4. The van der Waals surface area contributed by atoms with Crippen LogP contribution in [0, 0.1) is 12.8 Å². The summed E-state index contributed by atoms with van der Waals surface area (Å²) in [7, 11) is 0. The lowest BCUT2D eigenvalue weighted by Gasteiger charge is -2.48. The van der Waals surface area contributed by atoms with Gasteiger partial charge in [-0.1, -0.05) is 0 Å². The summed E-state index contributed by atoms with van der Waals surface area (Å²) in [5, 5.41) is 3.67. The van der Waals surface area contributed by atoms with Crippen LogP contribution >= 0.6 is 0 Å². The van der Waals surface area contributed by atoms with Gasteiger partial charge in [0.15, 0.2) is 0 Å². The minimum atomic E-state index is 0.362. The number of nitrogens with one attached hydrogen (secondary N) is 1. The normalized spacial score (nSPS) is 32.7. The van der Waals surface area contributed by atoms with E-state index in [2.05, 4.69) is 46.7 Å². The molecule has 2 unspecified atom stereocenters. The van der Waals surface area contributed by atoms with Crippen molar-refractivity contribution in [3.8, 4) is 0 Å². The van der Waals surface area contributed by atoms with E-state index in [0.29, 0.717) is 11.6 Å². The molecule has 0 amide bonds. The van der Waals surface area contributed by atoms with E-state index in [4.69, 9.17) is 0 Å². The summed E-state index contributed by atoms with van der Waals surface area (Å²) in [6.45, 7) is 11.3.